The number of halogens is 1. The lowest BCUT2D eigenvalue weighted by Crippen LogP contribution is -2.16. The molecule has 0 unspecified atom stereocenters. The lowest BCUT2D eigenvalue weighted by molar-refractivity contribution is 0.0997. The standard InChI is InChI=1S/C16H11FN6O/c17-15-10-7(3-1-4-8(10)22-23-15)11-12(18)14(16(19)24)21-9-5-2-6-20-13(9)11/h1-6H,18H2,(H2,19,24)(H,22,23). The Labute approximate surface area is 134 Å². The molecule has 0 saturated heterocycles. The molecular formula is C16H11FN6O. The van der Waals surface area contributed by atoms with Crippen molar-refractivity contribution in [2.45, 2.75) is 0 Å². The molecule has 0 saturated carbocycles. The van der Waals surface area contributed by atoms with Gasteiger partial charge in [0.1, 0.15) is 0 Å². The molecule has 0 radical (unpaired) electrons. The van der Waals surface area contributed by atoms with E-state index < -0.39 is 11.9 Å². The van der Waals surface area contributed by atoms with Crippen molar-refractivity contribution in [2.75, 3.05) is 5.73 Å². The Bertz CT molecular complexity index is 1120. The van der Waals surface area contributed by atoms with Crippen LogP contribution in [-0.2, 0) is 0 Å². The summed E-state index contributed by atoms with van der Waals surface area (Å²) in [4.78, 5) is 20.2. The number of nitrogens with zero attached hydrogens (tertiary/aromatic N) is 3. The van der Waals surface area contributed by atoms with Crippen LogP contribution in [-0.4, -0.2) is 26.1 Å². The van der Waals surface area contributed by atoms with E-state index >= 15 is 0 Å². The van der Waals surface area contributed by atoms with E-state index in [1.54, 1.807) is 36.5 Å². The number of nitrogens with two attached hydrogens (primary N) is 2. The highest BCUT2D eigenvalue weighted by Gasteiger charge is 2.21. The van der Waals surface area contributed by atoms with Gasteiger partial charge in [0, 0.05) is 17.3 Å². The monoisotopic (exact) mass is 322 g/mol. The first-order valence-corrected chi connectivity index (χ1v) is 7.05. The zero-order chi connectivity index (χ0) is 16.8. The number of hydrogen-bond donors (Lipinski definition) is 3. The third kappa shape index (κ3) is 1.89. The summed E-state index contributed by atoms with van der Waals surface area (Å²) in [5.41, 5.74) is 13.8. The normalized spacial score (nSPS) is 11.2. The second kappa shape index (κ2) is 4.98. The molecule has 4 aromatic rings. The first-order chi connectivity index (χ1) is 11.6. The number of hydrogen-bond acceptors (Lipinski definition) is 5. The molecule has 0 atom stereocenters. The summed E-state index contributed by atoms with van der Waals surface area (Å²) in [5, 5.41) is 6.46. The zero-order valence-corrected chi connectivity index (χ0v) is 12.2. The maximum Gasteiger partial charge on any atom is 0.269 e. The van der Waals surface area contributed by atoms with Gasteiger partial charge in [0.2, 0.25) is 5.95 Å². The van der Waals surface area contributed by atoms with E-state index in [1.165, 1.54) is 0 Å². The molecule has 3 aromatic heterocycles. The Balaban J connectivity index is 2.21. The molecular weight excluding hydrogens is 311 g/mol. The number of rotatable bonds is 2. The first-order valence-electron chi connectivity index (χ1n) is 7.05. The third-order valence-corrected chi connectivity index (χ3v) is 3.83. The number of nitrogen functional groups attached to an aromatic ring is 1. The first kappa shape index (κ1) is 14.1. The van der Waals surface area contributed by atoms with Crippen LogP contribution < -0.4 is 11.5 Å². The minimum absolute atomic E-state index is 0.0572. The van der Waals surface area contributed by atoms with E-state index in [2.05, 4.69) is 20.2 Å². The lowest BCUT2D eigenvalue weighted by atomic mass is 9.97. The summed E-state index contributed by atoms with van der Waals surface area (Å²) in [5.74, 6) is -1.43. The smallest absolute Gasteiger partial charge is 0.269 e. The predicted octanol–water partition coefficient (Wildman–Crippen LogP) is 1.99. The number of benzene rings is 1. The highest BCUT2D eigenvalue weighted by atomic mass is 19.1. The van der Waals surface area contributed by atoms with E-state index in [0.29, 0.717) is 27.7 Å². The quantitative estimate of drug-likeness (QED) is 0.520. The van der Waals surface area contributed by atoms with Crippen LogP contribution in [0.2, 0.25) is 0 Å². The molecule has 1 amide bonds. The SMILES string of the molecule is NC(=O)c1nc2cccnc2c(-c2cccc3[nH]nc(F)c23)c1N. The molecule has 118 valence electrons. The van der Waals surface area contributed by atoms with Gasteiger partial charge in [-0.25, -0.2) is 4.98 Å². The molecule has 4 rings (SSSR count). The average molecular weight is 322 g/mol. The van der Waals surface area contributed by atoms with Crippen LogP contribution >= 0.6 is 0 Å². The second-order valence-electron chi connectivity index (χ2n) is 5.23. The number of fused-ring (bicyclic) bond motifs is 2. The Morgan fingerprint density at radius 1 is 1.21 bits per heavy atom. The highest BCUT2D eigenvalue weighted by Crippen LogP contribution is 2.38. The molecule has 1 aromatic carbocycles. The summed E-state index contributed by atoms with van der Waals surface area (Å²) in [6.07, 6.45) is 1.57. The van der Waals surface area contributed by atoms with E-state index in [-0.39, 0.29) is 16.8 Å². The van der Waals surface area contributed by atoms with Crippen LogP contribution in [0.1, 0.15) is 10.5 Å². The fourth-order valence-electron chi connectivity index (χ4n) is 2.81. The van der Waals surface area contributed by atoms with Gasteiger partial charge in [-0.1, -0.05) is 12.1 Å². The summed E-state index contributed by atoms with van der Waals surface area (Å²) < 4.78 is 14.2. The Hall–Kier alpha value is -3.55. The molecule has 0 bridgehead atoms. The number of aromatic nitrogens is 4. The number of carbonyl (C=O) groups excluding carboxylic acids is 1. The number of carbonyl (C=O) groups is 1. The second-order valence-corrected chi connectivity index (χ2v) is 5.23. The highest BCUT2D eigenvalue weighted by molar-refractivity contribution is 6.11. The van der Waals surface area contributed by atoms with Crippen LogP contribution in [0.3, 0.4) is 0 Å². The van der Waals surface area contributed by atoms with Crippen molar-refractivity contribution in [3.05, 3.63) is 48.2 Å². The molecule has 8 heteroatoms. The van der Waals surface area contributed by atoms with E-state index in [9.17, 15) is 9.18 Å². The van der Waals surface area contributed by atoms with Gasteiger partial charge in [0.25, 0.3) is 5.91 Å². The molecule has 7 nitrogen and oxygen atoms in total. The Kier molecular flexibility index (Phi) is 2.92. The third-order valence-electron chi connectivity index (χ3n) is 3.83. The van der Waals surface area contributed by atoms with Crippen molar-refractivity contribution >= 4 is 33.5 Å². The fraction of sp³-hybridized carbons (Fsp3) is 0. The van der Waals surface area contributed by atoms with Gasteiger partial charge in [-0.3, -0.25) is 14.9 Å². The van der Waals surface area contributed by atoms with Crippen molar-refractivity contribution < 1.29 is 9.18 Å². The maximum atomic E-state index is 14.2. The van der Waals surface area contributed by atoms with Crippen LogP contribution in [0, 0.1) is 5.95 Å². The van der Waals surface area contributed by atoms with E-state index in [0.717, 1.165) is 0 Å². The van der Waals surface area contributed by atoms with Gasteiger partial charge in [-0.15, -0.1) is 5.10 Å². The number of primary amides is 1. The Morgan fingerprint density at radius 3 is 2.83 bits per heavy atom. The van der Waals surface area contributed by atoms with Gasteiger partial charge in [0.05, 0.1) is 27.6 Å². The number of anilines is 1. The fourth-order valence-corrected chi connectivity index (χ4v) is 2.81. The van der Waals surface area contributed by atoms with Gasteiger partial charge >= 0.3 is 0 Å². The number of nitrogens with one attached hydrogen (secondary N) is 1. The van der Waals surface area contributed by atoms with Crippen molar-refractivity contribution in [1.29, 1.82) is 0 Å². The number of pyridine rings is 2. The molecule has 0 aliphatic heterocycles. The largest absolute Gasteiger partial charge is 0.396 e. The van der Waals surface area contributed by atoms with Gasteiger partial charge < -0.3 is 11.5 Å². The minimum atomic E-state index is -0.764. The number of aromatic amines is 1. The summed E-state index contributed by atoms with van der Waals surface area (Å²) in [6, 6.07) is 8.47. The van der Waals surface area contributed by atoms with E-state index in [1.807, 2.05) is 0 Å². The minimum Gasteiger partial charge on any atom is -0.396 e. The molecule has 3 heterocycles. The topological polar surface area (TPSA) is 124 Å². The number of amides is 1. The van der Waals surface area contributed by atoms with Gasteiger partial charge in [-0.2, -0.15) is 4.39 Å². The average Bonchev–Trinajstić information content (AvgIpc) is 2.96. The molecule has 0 aliphatic carbocycles. The van der Waals surface area contributed by atoms with Crippen LogP contribution in [0.15, 0.2) is 36.5 Å². The van der Waals surface area contributed by atoms with Crippen LogP contribution in [0.4, 0.5) is 10.1 Å². The zero-order valence-electron chi connectivity index (χ0n) is 12.2. The van der Waals surface area contributed by atoms with Gasteiger partial charge in [0.15, 0.2) is 5.69 Å². The van der Waals surface area contributed by atoms with Crippen molar-refractivity contribution in [3.63, 3.8) is 0 Å². The Morgan fingerprint density at radius 2 is 2.04 bits per heavy atom. The van der Waals surface area contributed by atoms with Crippen molar-refractivity contribution in [3.8, 4) is 11.1 Å². The lowest BCUT2D eigenvalue weighted by Gasteiger charge is -2.12. The summed E-state index contributed by atoms with van der Waals surface area (Å²) >= 11 is 0. The van der Waals surface area contributed by atoms with Gasteiger partial charge in [-0.05, 0) is 18.2 Å². The van der Waals surface area contributed by atoms with E-state index in [4.69, 9.17) is 11.5 Å². The predicted molar refractivity (Wildman–Crippen MR) is 87.5 cm³/mol. The molecule has 0 spiro atoms. The maximum absolute atomic E-state index is 14.2. The summed E-state index contributed by atoms with van der Waals surface area (Å²) in [6.45, 7) is 0. The molecule has 5 N–H and O–H groups in total. The number of H-pyrrole nitrogens is 1. The molecule has 0 fully saturated rings. The van der Waals surface area contributed by atoms with Crippen LogP contribution in [0.5, 0.6) is 0 Å². The van der Waals surface area contributed by atoms with Crippen molar-refractivity contribution in [1.82, 2.24) is 20.2 Å². The molecule has 24 heavy (non-hydrogen) atoms. The molecule has 0 aliphatic rings. The van der Waals surface area contributed by atoms with Crippen LogP contribution in [0.25, 0.3) is 33.1 Å². The summed E-state index contributed by atoms with van der Waals surface area (Å²) in [7, 11) is 0. The van der Waals surface area contributed by atoms with Crippen molar-refractivity contribution in [2.24, 2.45) is 5.73 Å².